The number of fused-ring (bicyclic) bond motifs is 1. The van der Waals surface area contributed by atoms with E-state index in [4.69, 9.17) is 5.26 Å². The molecule has 8 heteroatoms. The first kappa shape index (κ1) is 22.1. The zero-order valence-corrected chi connectivity index (χ0v) is 19.7. The SMILES string of the molecule is CN(C[CH2][Sn]([CH3])[CH3])C(=O)c1ccc(-c2c(O)[nH]c3ccc(C#N)cc23)nc1.Cl. The Hall–Kier alpha value is -2.24. The van der Waals surface area contributed by atoms with Gasteiger partial charge in [-0.1, -0.05) is 0 Å². The molecular weight excluding hydrogens is 482 g/mol. The fraction of sp³-hybridized carbons (Fsp3) is 0.250. The van der Waals surface area contributed by atoms with Gasteiger partial charge in [-0.2, -0.15) is 5.26 Å². The van der Waals surface area contributed by atoms with E-state index in [1.54, 1.807) is 35.2 Å². The molecule has 0 aliphatic rings. The molecule has 0 aliphatic heterocycles. The number of benzene rings is 1. The van der Waals surface area contributed by atoms with Gasteiger partial charge in [-0.25, -0.2) is 0 Å². The van der Waals surface area contributed by atoms with Crippen LogP contribution in [0.2, 0.25) is 14.3 Å². The predicted octanol–water partition coefficient (Wildman–Crippen LogP) is 4.06. The number of amides is 1. The quantitative estimate of drug-likeness (QED) is 0.513. The number of pyridine rings is 1. The molecular formula is C20H22ClN4O2Sn. The van der Waals surface area contributed by atoms with Crippen molar-refractivity contribution < 1.29 is 9.90 Å². The average Bonchev–Trinajstić information content (AvgIpc) is 3.00. The largest absolute Gasteiger partial charge is 0.147 e. The molecule has 0 saturated heterocycles. The fourth-order valence-electron chi connectivity index (χ4n) is 2.89. The Bertz CT molecular complexity index is 1030. The van der Waals surface area contributed by atoms with Gasteiger partial charge in [-0.05, 0) is 6.07 Å². The number of H-pyrrole nitrogens is 1. The molecule has 1 radical (unpaired) electrons. The van der Waals surface area contributed by atoms with E-state index in [9.17, 15) is 9.90 Å². The summed E-state index contributed by atoms with van der Waals surface area (Å²) in [5.41, 5.74) is 2.83. The number of rotatable bonds is 5. The van der Waals surface area contributed by atoms with Crippen LogP contribution in [0.3, 0.4) is 0 Å². The number of aromatic amines is 1. The Balaban J connectivity index is 0.00000280. The van der Waals surface area contributed by atoms with Crippen molar-refractivity contribution in [2.45, 2.75) is 14.3 Å². The molecule has 3 aromatic rings. The maximum absolute atomic E-state index is 12.5. The third-order valence-electron chi connectivity index (χ3n) is 4.47. The summed E-state index contributed by atoms with van der Waals surface area (Å²) in [5.74, 6) is -0.0543. The molecule has 2 heterocycles. The van der Waals surface area contributed by atoms with E-state index in [0.717, 1.165) is 21.9 Å². The van der Waals surface area contributed by atoms with Gasteiger partial charge in [-0.15, -0.1) is 12.4 Å². The Morgan fingerprint density at radius 1 is 1.32 bits per heavy atom. The van der Waals surface area contributed by atoms with Crippen LogP contribution in [0.5, 0.6) is 5.88 Å². The summed E-state index contributed by atoms with van der Waals surface area (Å²) in [7, 11) is 1.82. The van der Waals surface area contributed by atoms with Crippen LogP contribution in [0.1, 0.15) is 15.9 Å². The van der Waals surface area contributed by atoms with E-state index in [-0.39, 0.29) is 24.2 Å². The molecule has 6 nitrogen and oxygen atoms in total. The summed E-state index contributed by atoms with van der Waals surface area (Å²) in [6, 6.07) is 10.7. The van der Waals surface area contributed by atoms with Crippen molar-refractivity contribution in [3.05, 3.63) is 47.7 Å². The molecule has 2 aromatic heterocycles. The van der Waals surface area contributed by atoms with Crippen molar-refractivity contribution in [3.8, 4) is 23.2 Å². The van der Waals surface area contributed by atoms with Crippen molar-refractivity contribution in [1.82, 2.24) is 14.9 Å². The molecule has 0 fully saturated rings. The van der Waals surface area contributed by atoms with E-state index in [1.807, 2.05) is 7.05 Å². The van der Waals surface area contributed by atoms with E-state index in [1.165, 1.54) is 6.20 Å². The van der Waals surface area contributed by atoms with Gasteiger partial charge in [-0.3, -0.25) is 0 Å². The molecule has 145 valence electrons. The first-order valence-electron chi connectivity index (χ1n) is 8.66. The van der Waals surface area contributed by atoms with Gasteiger partial charge < -0.3 is 0 Å². The van der Waals surface area contributed by atoms with Gasteiger partial charge in [0.1, 0.15) is 0 Å². The molecule has 3 rings (SSSR count). The second kappa shape index (κ2) is 9.30. The molecule has 2 N–H and O–H groups in total. The van der Waals surface area contributed by atoms with Gasteiger partial charge in [0.05, 0.1) is 6.07 Å². The topological polar surface area (TPSA) is 93.0 Å². The Labute approximate surface area is 177 Å². The minimum atomic E-state index is -1.22. The van der Waals surface area contributed by atoms with Gasteiger partial charge in [0.15, 0.2) is 0 Å². The van der Waals surface area contributed by atoms with Crippen LogP contribution in [0.25, 0.3) is 22.2 Å². The smallest absolute Gasteiger partial charge is 0.147 e. The number of hydrogen-bond acceptors (Lipinski definition) is 4. The average molecular weight is 505 g/mol. The summed E-state index contributed by atoms with van der Waals surface area (Å²) < 4.78 is 1.14. The first-order valence-corrected chi connectivity index (χ1v) is 16.4. The van der Waals surface area contributed by atoms with E-state index >= 15 is 0 Å². The number of hydrogen-bond donors (Lipinski definition) is 2. The first-order chi connectivity index (χ1) is 12.9. The third kappa shape index (κ3) is 4.59. The number of nitrogens with zero attached hydrogens (tertiary/aromatic N) is 3. The number of carbonyl (C=O) groups excluding carboxylic acids is 1. The minimum absolute atomic E-state index is 0. The normalized spacial score (nSPS) is 10.5. The van der Waals surface area contributed by atoms with E-state index in [2.05, 4.69) is 25.9 Å². The standard InChI is InChI=1S/C18H15N4O2.2CH3.ClH.Sn/c1-3-22(2)18(24)12-5-7-15(20-10-12)16-13-8-11(9-19)4-6-14(13)21-17(16)23;;;;/h4-8,10,21,23H,1,3H2,2H3;2*1H3;1H;. The van der Waals surface area contributed by atoms with Gasteiger partial charge in [0.2, 0.25) is 0 Å². The van der Waals surface area contributed by atoms with Crippen LogP contribution in [-0.2, 0) is 0 Å². The van der Waals surface area contributed by atoms with Crippen LogP contribution in [0.15, 0.2) is 36.5 Å². The summed E-state index contributed by atoms with van der Waals surface area (Å²) >= 11 is -1.22. The molecule has 0 spiro atoms. The maximum Gasteiger partial charge on any atom is -0.147 e. The van der Waals surface area contributed by atoms with Crippen molar-refractivity contribution in [2.24, 2.45) is 0 Å². The molecule has 1 aromatic carbocycles. The molecule has 0 aliphatic carbocycles. The number of halogens is 1. The minimum Gasteiger partial charge on any atom is -0.147 e. The van der Waals surface area contributed by atoms with Crippen LogP contribution in [-0.4, -0.2) is 59.2 Å². The van der Waals surface area contributed by atoms with E-state index < -0.39 is 19.8 Å². The number of nitriles is 1. The summed E-state index contributed by atoms with van der Waals surface area (Å²) in [6.07, 6.45) is 1.54. The van der Waals surface area contributed by atoms with Crippen molar-refractivity contribution in [2.75, 3.05) is 13.6 Å². The van der Waals surface area contributed by atoms with Crippen LogP contribution < -0.4 is 0 Å². The van der Waals surface area contributed by atoms with Gasteiger partial charge in [0, 0.05) is 0 Å². The maximum atomic E-state index is 12.5. The summed E-state index contributed by atoms with van der Waals surface area (Å²) in [6.45, 7) is 0.780. The Morgan fingerprint density at radius 3 is 2.68 bits per heavy atom. The number of nitrogens with one attached hydrogen (secondary N) is 1. The molecule has 28 heavy (non-hydrogen) atoms. The molecule has 0 atom stereocenters. The number of aromatic nitrogens is 2. The zero-order chi connectivity index (χ0) is 19.6. The second-order valence-electron chi connectivity index (χ2n) is 6.84. The molecule has 0 saturated carbocycles. The van der Waals surface area contributed by atoms with Crippen LogP contribution in [0, 0.1) is 11.3 Å². The van der Waals surface area contributed by atoms with Crippen molar-refractivity contribution in [3.63, 3.8) is 0 Å². The van der Waals surface area contributed by atoms with Gasteiger partial charge in [0.25, 0.3) is 0 Å². The second-order valence-corrected chi connectivity index (χ2v) is 15.2. The van der Waals surface area contributed by atoms with E-state index in [0.29, 0.717) is 22.4 Å². The predicted molar refractivity (Wildman–Crippen MR) is 114 cm³/mol. The number of aromatic hydroxyl groups is 1. The molecule has 1 amide bonds. The van der Waals surface area contributed by atoms with Crippen LogP contribution in [0.4, 0.5) is 0 Å². The zero-order valence-electron chi connectivity index (χ0n) is 16.0. The third-order valence-corrected chi connectivity index (χ3v) is 7.96. The summed E-state index contributed by atoms with van der Waals surface area (Å²) in [5, 5.41) is 20.1. The Kier molecular flexibility index (Phi) is 7.33. The fourth-order valence-corrected chi connectivity index (χ4v) is 5.12. The number of carbonyl (C=O) groups is 1. The summed E-state index contributed by atoms with van der Waals surface area (Å²) in [4.78, 5) is 26.2. The molecule has 0 unspecified atom stereocenters. The Morgan fingerprint density at radius 2 is 2.07 bits per heavy atom. The van der Waals surface area contributed by atoms with Gasteiger partial charge >= 0.3 is 148 Å². The molecule has 0 bridgehead atoms. The van der Waals surface area contributed by atoms with Crippen molar-refractivity contribution >= 4 is 49.0 Å². The monoisotopic (exact) mass is 505 g/mol. The van der Waals surface area contributed by atoms with Crippen LogP contribution >= 0.6 is 12.4 Å². The van der Waals surface area contributed by atoms with Crippen molar-refractivity contribution in [1.29, 1.82) is 5.26 Å².